The molecule has 5 nitrogen and oxygen atoms in total. The van der Waals surface area contributed by atoms with Gasteiger partial charge in [0.15, 0.2) is 5.92 Å². The highest BCUT2D eigenvalue weighted by Gasteiger charge is 2.38. The van der Waals surface area contributed by atoms with Crippen LogP contribution in [0.15, 0.2) is 48.5 Å². The van der Waals surface area contributed by atoms with Crippen LogP contribution in [0.2, 0.25) is 0 Å². The summed E-state index contributed by atoms with van der Waals surface area (Å²) in [5.41, 5.74) is 2.24. The van der Waals surface area contributed by atoms with Crippen molar-refractivity contribution in [2.24, 2.45) is 5.92 Å². The van der Waals surface area contributed by atoms with Crippen molar-refractivity contribution in [3.8, 4) is 6.07 Å². The van der Waals surface area contributed by atoms with E-state index in [9.17, 15) is 14.4 Å². The van der Waals surface area contributed by atoms with Gasteiger partial charge >= 0.3 is 0 Å². The van der Waals surface area contributed by atoms with Crippen molar-refractivity contribution in [1.82, 2.24) is 9.55 Å². The molecule has 1 aliphatic heterocycles. The number of nitriles is 1. The number of anilines is 1. The average molecular weight is 306 g/mol. The number of hydrogen-bond acceptors (Lipinski definition) is 3. The van der Waals surface area contributed by atoms with Crippen molar-refractivity contribution >= 4 is 22.9 Å². The van der Waals surface area contributed by atoms with Crippen LogP contribution >= 0.6 is 0 Å². The molecule has 0 radical (unpaired) electrons. The van der Waals surface area contributed by atoms with Crippen LogP contribution in [-0.2, 0) is 4.79 Å². The standard InChI is InChI=1S/C17H11FN4O/c18-11-7-5-10(6-8-11)15-12(9-19)16(23)21-17-20-13-3-1-2-4-14(13)22(15)17/h1-8,12,15H,(H,20,21,23)/t12-,15+/m1/s1. The zero-order valence-electron chi connectivity index (χ0n) is 11.9. The number of rotatable bonds is 1. The monoisotopic (exact) mass is 306 g/mol. The van der Waals surface area contributed by atoms with E-state index in [1.165, 1.54) is 12.1 Å². The van der Waals surface area contributed by atoms with E-state index in [0.717, 1.165) is 11.0 Å². The molecule has 0 aliphatic carbocycles. The number of para-hydroxylation sites is 2. The second-order valence-corrected chi connectivity index (χ2v) is 5.39. The molecule has 0 bridgehead atoms. The Kier molecular flexibility index (Phi) is 2.88. The maximum Gasteiger partial charge on any atom is 0.246 e. The predicted octanol–water partition coefficient (Wildman–Crippen LogP) is 2.86. The molecular weight excluding hydrogens is 295 g/mol. The Balaban J connectivity index is 2.00. The van der Waals surface area contributed by atoms with E-state index < -0.39 is 17.9 Å². The zero-order valence-corrected chi connectivity index (χ0v) is 11.9. The summed E-state index contributed by atoms with van der Waals surface area (Å²) in [7, 11) is 0. The molecule has 0 saturated heterocycles. The number of benzene rings is 2. The fourth-order valence-electron chi connectivity index (χ4n) is 3.03. The van der Waals surface area contributed by atoms with Gasteiger partial charge in [0.2, 0.25) is 11.9 Å². The largest absolute Gasteiger partial charge is 0.300 e. The fourth-order valence-corrected chi connectivity index (χ4v) is 3.03. The van der Waals surface area contributed by atoms with Gasteiger partial charge in [-0.05, 0) is 29.8 Å². The molecule has 112 valence electrons. The van der Waals surface area contributed by atoms with Gasteiger partial charge in [-0.3, -0.25) is 10.1 Å². The van der Waals surface area contributed by atoms with E-state index in [1.807, 2.05) is 28.8 Å². The van der Waals surface area contributed by atoms with Crippen LogP contribution in [0.1, 0.15) is 11.6 Å². The first kappa shape index (κ1) is 13.5. The number of amides is 1. The number of hydrogen-bond donors (Lipinski definition) is 1. The second-order valence-electron chi connectivity index (χ2n) is 5.39. The summed E-state index contributed by atoms with van der Waals surface area (Å²) in [5.74, 6) is -1.27. The van der Waals surface area contributed by atoms with Gasteiger partial charge in [-0.2, -0.15) is 5.26 Å². The Bertz CT molecular complexity index is 955. The van der Waals surface area contributed by atoms with Crippen LogP contribution in [-0.4, -0.2) is 15.5 Å². The van der Waals surface area contributed by atoms with Crippen molar-refractivity contribution in [1.29, 1.82) is 5.26 Å². The van der Waals surface area contributed by atoms with Crippen molar-refractivity contribution in [3.05, 3.63) is 59.9 Å². The average Bonchev–Trinajstić information content (AvgIpc) is 2.92. The van der Waals surface area contributed by atoms with Gasteiger partial charge < -0.3 is 4.57 Å². The van der Waals surface area contributed by atoms with Crippen molar-refractivity contribution in [2.45, 2.75) is 6.04 Å². The summed E-state index contributed by atoms with van der Waals surface area (Å²) >= 11 is 0. The lowest BCUT2D eigenvalue weighted by molar-refractivity contribution is -0.119. The molecule has 23 heavy (non-hydrogen) atoms. The topological polar surface area (TPSA) is 70.7 Å². The number of halogens is 1. The first-order valence-electron chi connectivity index (χ1n) is 7.12. The predicted molar refractivity (Wildman–Crippen MR) is 82.0 cm³/mol. The molecule has 1 aliphatic rings. The lowest BCUT2D eigenvalue weighted by atomic mass is 9.91. The highest BCUT2D eigenvalue weighted by atomic mass is 19.1. The van der Waals surface area contributed by atoms with Gasteiger partial charge in [-0.1, -0.05) is 24.3 Å². The van der Waals surface area contributed by atoms with Crippen LogP contribution in [0.5, 0.6) is 0 Å². The number of aromatic nitrogens is 2. The summed E-state index contributed by atoms with van der Waals surface area (Å²) in [5, 5.41) is 12.1. The van der Waals surface area contributed by atoms with E-state index >= 15 is 0 Å². The Hall–Kier alpha value is -3.20. The van der Waals surface area contributed by atoms with Gasteiger partial charge in [0.05, 0.1) is 23.1 Å². The van der Waals surface area contributed by atoms with Crippen molar-refractivity contribution < 1.29 is 9.18 Å². The fraction of sp³-hybridized carbons (Fsp3) is 0.118. The Labute approximate surface area is 131 Å². The third-order valence-corrected chi connectivity index (χ3v) is 4.06. The minimum atomic E-state index is -0.912. The smallest absolute Gasteiger partial charge is 0.246 e. The van der Waals surface area contributed by atoms with Gasteiger partial charge in [-0.25, -0.2) is 9.37 Å². The quantitative estimate of drug-likeness (QED) is 0.751. The van der Waals surface area contributed by atoms with Crippen molar-refractivity contribution in [3.63, 3.8) is 0 Å². The Morgan fingerprint density at radius 2 is 1.91 bits per heavy atom. The molecule has 0 fully saturated rings. The number of carbonyl (C=O) groups is 1. The minimum absolute atomic E-state index is 0.363. The van der Waals surface area contributed by atoms with Crippen molar-refractivity contribution in [2.75, 3.05) is 5.32 Å². The Morgan fingerprint density at radius 3 is 2.65 bits per heavy atom. The molecule has 1 aromatic heterocycles. The molecule has 0 unspecified atom stereocenters. The number of nitrogens with one attached hydrogen (secondary N) is 1. The molecule has 1 amide bonds. The maximum absolute atomic E-state index is 13.2. The van der Waals surface area contributed by atoms with Crippen LogP contribution in [0.3, 0.4) is 0 Å². The molecule has 2 heterocycles. The molecule has 6 heteroatoms. The first-order valence-corrected chi connectivity index (χ1v) is 7.12. The Morgan fingerprint density at radius 1 is 1.17 bits per heavy atom. The maximum atomic E-state index is 13.2. The molecule has 2 atom stereocenters. The van der Waals surface area contributed by atoms with E-state index in [4.69, 9.17) is 0 Å². The van der Waals surface area contributed by atoms with E-state index in [2.05, 4.69) is 16.4 Å². The van der Waals surface area contributed by atoms with E-state index in [-0.39, 0.29) is 5.82 Å². The lowest BCUT2D eigenvalue weighted by Crippen LogP contribution is -2.37. The molecule has 3 aromatic rings. The van der Waals surface area contributed by atoms with Gasteiger partial charge in [0, 0.05) is 0 Å². The highest BCUT2D eigenvalue weighted by molar-refractivity contribution is 5.97. The number of fused-ring (bicyclic) bond motifs is 3. The van der Waals surface area contributed by atoms with Gasteiger partial charge in [0.1, 0.15) is 5.82 Å². The van der Waals surface area contributed by atoms with Gasteiger partial charge in [0.25, 0.3) is 0 Å². The van der Waals surface area contributed by atoms with Crippen LogP contribution < -0.4 is 5.32 Å². The van der Waals surface area contributed by atoms with E-state index in [1.54, 1.807) is 12.1 Å². The lowest BCUT2D eigenvalue weighted by Gasteiger charge is -2.29. The van der Waals surface area contributed by atoms with Crippen LogP contribution in [0.25, 0.3) is 11.0 Å². The summed E-state index contributed by atoms with van der Waals surface area (Å²) in [6.07, 6.45) is 0. The number of imidazole rings is 1. The minimum Gasteiger partial charge on any atom is -0.300 e. The molecule has 2 aromatic carbocycles. The van der Waals surface area contributed by atoms with Crippen LogP contribution in [0, 0.1) is 23.1 Å². The highest BCUT2D eigenvalue weighted by Crippen LogP contribution is 2.37. The number of carbonyl (C=O) groups excluding carboxylic acids is 1. The summed E-state index contributed by atoms with van der Waals surface area (Å²) < 4.78 is 15.1. The molecule has 0 spiro atoms. The SMILES string of the molecule is N#C[C@H]1C(=O)Nc2nc3ccccc3n2[C@H]1c1ccc(F)cc1. The number of nitrogens with zero attached hydrogens (tertiary/aromatic N) is 3. The molecule has 4 rings (SSSR count). The summed E-state index contributed by atoms with van der Waals surface area (Å²) in [6.45, 7) is 0. The van der Waals surface area contributed by atoms with E-state index in [0.29, 0.717) is 11.5 Å². The molecule has 1 N–H and O–H groups in total. The third-order valence-electron chi connectivity index (χ3n) is 4.06. The summed E-state index contributed by atoms with van der Waals surface area (Å²) in [6, 6.07) is 14.8. The second kappa shape index (κ2) is 4.92. The first-order chi connectivity index (χ1) is 11.2. The molecule has 0 saturated carbocycles. The molecular formula is C17H11FN4O. The summed E-state index contributed by atoms with van der Waals surface area (Å²) in [4.78, 5) is 16.7. The normalized spacial score (nSPS) is 19.9. The van der Waals surface area contributed by atoms with Gasteiger partial charge in [-0.15, -0.1) is 0 Å². The third kappa shape index (κ3) is 1.98. The van der Waals surface area contributed by atoms with Crippen LogP contribution in [0.4, 0.5) is 10.3 Å². The zero-order chi connectivity index (χ0) is 16.0.